The number of nitrogens with zero attached hydrogens (tertiary/aromatic N) is 1. The Morgan fingerprint density at radius 3 is 2.69 bits per heavy atom. The molecular weight excluding hydrogens is 158 g/mol. The van der Waals surface area contributed by atoms with Crippen LogP contribution >= 0.6 is 0 Å². The van der Waals surface area contributed by atoms with E-state index >= 15 is 0 Å². The second-order valence-electron chi connectivity index (χ2n) is 3.36. The third-order valence-electron chi connectivity index (χ3n) is 2.23. The van der Waals surface area contributed by atoms with E-state index in [0.29, 0.717) is 0 Å². The summed E-state index contributed by atoms with van der Waals surface area (Å²) in [6, 6.07) is 8.27. The Balaban J connectivity index is 2.79. The Labute approximate surface area is 80.0 Å². The molecular formula is C12H15N. The van der Waals surface area contributed by atoms with Gasteiger partial charge in [-0.25, -0.2) is 0 Å². The third-order valence-corrected chi connectivity index (χ3v) is 2.23. The molecule has 0 heterocycles. The van der Waals surface area contributed by atoms with Crippen molar-refractivity contribution in [3.63, 3.8) is 0 Å². The van der Waals surface area contributed by atoms with Gasteiger partial charge in [-0.15, -0.1) is 0 Å². The lowest BCUT2D eigenvalue weighted by molar-refractivity contribution is 0.794. The van der Waals surface area contributed by atoms with Gasteiger partial charge in [-0.2, -0.15) is 5.26 Å². The van der Waals surface area contributed by atoms with E-state index in [2.05, 4.69) is 25.1 Å². The van der Waals surface area contributed by atoms with E-state index in [-0.39, 0.29) is 0 Å². The van der Waals surface area contributed by atoms with Gasteiger partial charge in [-0.3, -0.25) is 0 Å². The van der Waals surface area contributed by atoms with Crippen molar-refractivity contribution in [1.29, 1.82) is 5.26 Å². The molecule has 0 bridgehead atoms. The molecule has 1 rings (SSSR count). The number of benzene rings is 1. The summed E-state index contributed by atoms with van der Waals surface area (Å²) in [5, 5.41) is 8.74. The van der Waals surface area contributed by atoms with Crippen molar-refractivity contribution in [2.75, 3.05) is 0 Å². The van der Waals surface area contributed by atoms with E-state index < -0.39 is 0 Å². The number of hydrogen-bond donors (Lipinski definition) is 0. The fourth-order valence-electron chi connectivity index (χ4n) is 1.39. The molecule has 0 aliphatic carbocycles. The van der Waals surface area contributed by atoms with Crippen LogP contribution in [0.25, 0.3) is 0 Å². The Morgan fingerprint density at radius 1 is 1.38 bits per heavy atom. The molecule has 68 valence electrons. The number of aryl methyl sites for hydroxylation is 2. The first-order valence-electron chi connectivity index (χ1n) is 4.77. The van der Waals surface area contributed by atoms with Gasteiger partial charge in [0.05, 0.1) is 11.6 Å². The average molecular weight is 173 g/mol. The monoisotopic (exact) mass is 173 g/mol. The van der Waals surface area contributed by atoms with Crippen LogP contribution < -0.4 is 0 Å². The molecule has 0 N–H and O–H groups in total. The van der Waals surface area contributed by atoms with Gasteiger partial charge in [-0.1, -0.05) is 25.5 Å². The first-order chi connectivity index (χ1) is 6.27. The van der Waals surface area contributed by atoms with Gasteiger partial charge in [0.1, 0.15) is 0 Å². The zero-order chi connectivity index (χ0) is 9.68. The van der Waals surface area contributed by atoms with Crippen LogP contribution in [-0.2, 0) is 6.42 Å². The van der Waals surface area contributed by atoms with Crippen molar-refractivity contribution in [3.05, 3.63) is 34.9 Å². The summed E-state index contributed by atoms with van der Waals surface area (Å²) in [5.41, 5.74) is 3.23. The maximum Gasteiger partial charge on any atom is 0.0994 e. The van der Waals surface area contributed by atoms with E-state index in [4.69, 9.17) is 5.26 Å². The Hall–Kier alpha value is -1.29. The van der Waals surface area contributed by atoms with Gasteiger partial charge in [-0.05, 0) is 37.0 Å². The van der Waals surface area contributed by atoms with Crippen LogP contribution in [0.4, 0.5) is 0 Å². The number of rotatable bonds is 3. The molecule has 0 aliphatic rings. The largest absolute Gasteiger partial charge is 0.192 e. The predicted octanol–water partition coefficient (Wildman–Crippen LogP) is 3.21. The lowest BCUT2D eigenvalue weighted by atomic mass is 10.0. The molecule has 1 heteroatoms. The summed E-state index contributed by atoms with van der Waals surface area (Å²) in [6.07, 6.45) is 3.58. The summed E-state index contributed by atoms with van der Waals surface area (Å²) in [4.78, 5) is 0. The van der Waals surface area contributed by atoms with Crippen molar-refractivity contribution >= 4 is 0 Å². The predicted molar refractivity (Wildman–Crippen MR) is 54.5 cm³/mol. The molecule has 0 radical (unpaired) electrons. The van der Waals surface area contributed by atoms with E-state index in [0.717, 1.165) is 17.5 Å². The van der Waals surface area contributed by atoms with Crippen molar-refractivity contribution in [2.45, 2.75) is 33.1 Å². The zero-order valence-electron chi connectivity index (χ0n) is 8.30. The molecule has 1 aromatic carbocycles. The van der Waals surface area contributed by atoms with Crippen LogP contribution in [0.1, 0.15) is 36.5 Å². The maximum atomic E-state index is 8.74. The van der Waals surface area contributed by atoms with Crippen LogP contribution in [-0.4, -0.2) is 0 Å². The summed E-state index contributed by atoms with van der Waals surface area (Å²) in [7, 11) is 0. The molecule has 0 saturated carbocycles. The van der Waals surface area contributed by atoms with Crippen LogP contribution in [0.3, 0.4) is 0 Å². The normalized spacial score (nSPS) is 9.62. The van der Waals surface area contributed by atoms with Crippen LogP contribution in [0.15, 0.2) is 18.2 Å². The van der Waals surface area contributed by atoms with Crippen LogP contribution in [0.5, 0.6) is 0 Å². The minimum Gasteiger partial charge on any atom is -0.192 e. The SMILES string of the molecule is CCCCc1ccc(C#N)c(C)c1. The van der Waals surface area contributed by atoms with Gasteiger partial charge in [0.15, 0.2) is 0 Å². The van der Waals surface area contributed by atoms with Gasteiger partial charge in [0.2, 0.25) is 0 Å². The smallest absolute Gasteiger partial charge is 0.0994 e. The molecule has 1 aromatic rings. The minimum atomic E-state index is 0.792. The van der Waals surface area contributed by atoms with Crippen molar-refractivity contribution < 1.29 is 0 Å². The third kappa shape index (κ3) is 2.59. The van der Waals surface area contributed by atoms with E-state index in [1.807, 2.05) is 13.0 Å². The lowest BCUT2D eigenvalue weighted by Crippen LogP contribution is -1.88. The molecule has 0 aliphatic heterocycles. The standard InChI is InChI=1S/C12H15N/c1-3-4-5-11-6-7-12(9-13)10(2)8-11/h6-8H,3-5H2,1-2H3. The van der Waals surface area contributed by atoms with Crippen molar-refractivity contribution in [3.8, 4) is 6.07 Å². The molecule has 1 nitrogen and oxygen atoms in total. The first kappa shape index (κ1) is 9.80. The average Bonchev–Trinajstić information content (AvgIpc) is 2.15. The van der Waals surface area contributed by atoms with E-state index in [1.54, 1.807) is 0 Å². The molecule has 0 amide bonds. The number of hydrogen-bond acceptors (Lipinski definition) is 1. The van der Waals surface area contributed by atoms with Gasteiger partial charge in [0, 0.05) is 0 Å². The highest BCUT2D eigenvalue weighted by molar-refractivity contribution is 5.39. The highest BCUT2D eigenvalue weighted by Gasteiger charge is 1.98. The van der Waals surface area contributed by atoms with E-state index in [9.17, 15) is 0 Å². The molecule has 0 aromatic heterocycles. The van der Waals surface area contributed by atoms with E-state index in [1.165, 1.54) is 18.4 Å². The molecule has 0 spiro atoms. The maximum absolute atomic E-state index is 8.74. The first-order valence-corrected chi connectivity index (χ1v) is 4.77. The molecule has 0 unspecified atom stereocenters. The second-order valence-corrected chi connectivity index (χ2v) is 3.36. The van der Waals surface area contributed by atoms with Gasteiger partial charge >= 0.3 is 0 Å². The molecule has 13 heavy (non-hydrogen) atoms. The molecule has 0 fully saturated rings. The molecule has 0 atom stereocenters. The summed E-state index contributed by atoms with van der Waals surface area (Å²) < 4.78 is 0. The lowest BCUT2D eigenvalue weighted by Gasteiger charge is -2.02. The second kappa shape index (κ2) is 4.67. The Morgan fingerprint density at radius 2 is 2.15 bits per heavy atom. The van der Waals surface area contributed by atoms with Crippen LogP contribution in [0, 0.1) is 18.3 Å². The van der Waals surface area contributed by atoms with Crippen LogP contribution in [0.2, 0.25) is 0 Å². The van der Waals surface area contributed by atoms with Gasteiger partial charge < -0.3 is 0 Å². The quantitative estimate of drug-likeness (QED) is 0.688. The minimum absolute atomic E-state index is 0.792. The Bertz CT molecular complexity index is 320. The zero-order valence-corrected chi connectivity index (χ0v) is 8.30. The number of unbranched alkanes of at least 4 members (excludes halogenated alkanes) is 1. The topological polar surface area (TPSA) is 23.8 Å². The highest BCUT2D eigenvalue weighted by atomic mass is 14.2. The fraction of sp³-hybridized carbons (Fsp3) is 0.417. The summed E-state index contributed by atoms with van der Waals surface area (Å²) in [6.45, 7) is 4.19. The molecule has 0 saturated heterocycles. The van der Waals surface area contributed by atoms with Crippen molar-refractivity contribution in [1.82, 2.24) is 0 Å². The fourth-order valence-corrected chi connectivity index (χ4v) is 1.39. The Kier molecular flexibility index (Phi) is 3.52. The van der Waals surface area contributed by atoms with Gasteiger partial charge in [0.25, 0.3) is 0 Å². The van der Waals surface area contributed by atoms with Crippen molar-refractivity contribution in [2.24, 2.45) is 0 Å². The summed E-state index contributed by atoms with van der Waals surface area (Å²) in [5.74, 6) is 0. The highest BCUT2D eigenvalue weighted by Crippen LogP contribution is 2.12. The summed E-state index contributed by atoms with van der Waals surface area (Å²) >= 11 is 0. The number of nitriles is 1.